The number of rotatable bonds is 4. The van der Waals surface area contributed by atoms with Gasteiger partial charge in [-0.1, -0.05) is 0 Å². The zero-order valence-corrected chi connectivity index (χ0v) is 11.7. The third-order valence-corrected chi connectivity index (χ3v) is 3.48. The first kappa shape index (κ1) is 15.3. The highest BCUT2D eigenvalue weighted by Gasteiger charge is 2.32. The molecule has 2 aromatic rings. The van der Waals surface area contributed by atoms with E-state index in [1.807, 2.05) is 0 Å². The molecule has 0 saturated heterocycles. The minimum Gasteiger partial charge on any atom is -0.478 e. The smallest absolute Gasteiger partial charge is 0.416 e. The van der Waals surface area contributed by atoms with Crippen LogP contribution in [0.2, 0.25) is 0 Å². The predicted octanol–water partition coefficient (Wildman–Crippen LogP) is 3.50. The molecule has 0 spiro atoms. The van der Waals surface area contributed by atoms with Crippen molar-refractivity contribution in [1.82, 2.24) is 4.98 Å². The van der Waals surface area contributed by atoms with Gasteiger partial charge in [0.2, 0.25) is 0 Å². The van der Waals surface area contributed by atoms with Crippen molar-refractivity contribution >= 4 is 23.0 Å². The molecule has 0 atom stereocenters. The highest BCUT2D eigenvalue weighted by Crippen LogP contribution is 2.33. The maximum atomic E-state index is 12.7. The molecule has 21 heavy (non-hydrogen) atoms. The highest BCUT2D eigenvalue weighted by atomic mass is 32.1. The first-order valence-electron chi connectivity index (χ1n) is 5.82. The topological polar surface area (TPSA) is 53.4 Å². The number of nitrogens with zero attached hydrogens (tertiary/aromatic N) is 2. The van der Waals surface area contributed by atoms with Gasteiger partial charge in [0.1, 0.15) is 0 Å². The molecule has 0 saturated carbocycles. The van der Waals surface area contributed by atoms with Crippen LogP contribution in [0.25, 0.3) is 0 Å². The van der Waals surface area contributed by atoms with E-state index in [1.165, 1.54) is 17.4 Å². The average Bonchev–Trinajstić information content (AvgIpc) is 2.89. The Balaban J connectivity index is 2.36. The van der Waals surface area contributed by atoms with Crippen molar-refractivity contribution in [2.24, 2.45) is 0 Å². The molecule has 0 bridgehead atoms. The summed E-state index contributed by atoms with van der Waals surface area (Å²) in [7, 11) is 1.61. The van der Waals surface area contributed by atoms with Crippen LogP contribution in [-0.2, 0) is 12.7 Å². The molecular weight excluding hydrogens is 305 g/mol. The molecule has 1 aromatic heterocycles. The molecule has 0 radical (unpaired) electrons. The largest absolute Gasteiger partial charge is 0.478 e. The van der Waals surface area contributed by atoms with Crippen LogP contribution in [0.5, 0.6) is 0 Å². The van der Waals surface area contributed by atoms with Gasteiger partial charge in [-0.25, -0.2) is 9.78 Å². The summed E-state index contributed by atoms with van der Waals surface area (Å²) >= 11 is 1.39. The van der Waals surface area contributed by atoms with Crippen LogP contribution in [0.15, 0.2) is 29.1 Å². The standard InChI is InChI=1S/C13H11F3N2O2S/c1-18(5-9-6-21-7-17-9)11-3-2-8(13(14,15)16)4-10(11)12(19)20/h2-4,6-7H,5H2,1H3,(H,19,20). The normalized spacial score (nSPS) is 11.4. The van der Waals surface area contributed by atoms with Crippen LogP contribution in [0.1, 0.15) is 21.6 Å². The van der Waals surface area contributed by atoms with E-state index in [1.54, 1.807) is 22.8 Å². The van der Waals surface area contributed by atoms with Crippen LogP contribution in [0.3, 0.4) is 0 Å². The maximum absolute atomic E-state index is 12.7. The molecule has 0 aliphatic heterocycles. The van der Waals surface area contributed by atoms with E-state index in [0.29, 0.717) is 12.6 Å². The molecule has 0 aliphatic rings. The quantitative estimate of drug-likeness (QED) is 0.938. The minimum atomic E-state index is -4.57. The van der Waals surface area contributed by atoms with Crippen molar-refractivity contribution in [2.75, 3.05) is 11.9 Å². The zero-order chi connectivity index (χ0) is 15.6. The first-order chi connectivity index (χ1) is 9.79. The average molecular weight is 316 g/mol. The fourth-order valence-electron chi connectivity index (χ4n) is 1.86. The fourth-order valence-corrected chi connectivity index (χ4v) is 2.41. The molecule has 2 rings (SSSR count). The Morgan fingerprint density at radius 2 is 2.14 bits per heavy atom. The summed E-state index contributed by atoms with van der Waals surface area (Å²) in [5.74, 6) is -1.40. The van der Waals surface area contributed by atoms with Gasteiger partial charge in [-0.2, -0.15) is 13.2 Å². The molecule has 1 heterocycles. The van der Waals surface area contributed by atoms with Crippen LogP contribution in [0, 0.1) is 0 Å². The molecule has 1 aromatic carbocycles. The van der Waals surface area contributed by atoms with Gasteiger partial charge in [0.05, 0.1) is 34.6 Å². The lowest BCUT2D eigenvalue weighted by Crippen LogP contribution is -2.20. The third kappa shape index (κ3) is 3.52. The number of hydrogen-bond donors (Lipinski definition) is 1. The second-order valence-corrected chi connectivity index (χ2v) is 5.09. The van der Waals surface area contributed by atoms with Crippen molar-refractivity contribution in [3.63, 3.8) is 0 Å². The van der Waals surface area contributed by atoms with Crippen LogP contribution in [0.4, 0.5) is 18.9 Å². The summed E-state index contributed by atoms with van der Waals surface area (Å²) in [6.45, 7) is 0.315. The Labute approximate surface area is 122 Å². The molecule has 0 amide bonds. The number of hydrogen-bond acceptors (Lipinski definition) is 4. The lowest BCUT2D eigenvalue weighted by atomic mass is 10.1. The zero-order valence-electron chi connectivity index (χ0n) is 10.9. The second-order valence-electron chi connectivity index (χ2n) is 4.37. The van der Waals surface area contributed by atoms with E-state index in [-0.39, 0.29) is 11.3 Å². The molecule has 8 heteroatoms. The van der Waals surface area contributed by atoms with Crippen molar-refractivity contribution in [3.8, 4) is 0 Å². The number of carboxylic acids is 1. The summed E-state index contributed by atoms with van der Waals surface area (Å²) in [6.07, 6.45) is -4.57. The summed E-state index contributed by atoms with van der Waals surface area (Å²) in [5, 5.41) is 10.9. The minimum absolute atomic E-state index is 0.212. The van der Waals surface area contributed by atoms with E-state index in [9.17, 15) is 18.0 Å². The van der Waals surface area contributed by atoms with E-state index in [2.05, 4.69) is 4.98 Å². The van der Waals surface area contributed by atoms with E-state index < -0.39 is 17.7 Å². The number of carboxylic acid groups (broad SMARTS) is 1. The summed E-state index contributed by atoms with van der Waals surface area (Å²) in [5.41, 5.74) is 1.20. The van der Waals surface area contributed by atoms with Crippen LogP contribution < -0.4 is 4.90 Å². The van der Waals surface area contributed by atoms with Crippen LogP contribution in [-0.4, -0.2) is 23.1 Å². The highest BCUT2D eigenvalue weighted by molar-refractivity contribution is 7.07. The van der Waals surface area contributed by atoms with Crippen molar-refractivity contribution < 1.29 is 23.1 Å². The number of carbonyl (C=O) groups is 1. The van der Waals surface area contributed by atoms with Crippen LogP contribution >= 0.6 is 11.3 Å². The third-order valence-electron chi connectivity index (χ3n) is 2.85. The fraction of sp³-hybridized carbons (Fsp3) is 0.231. The number of halogens is 3. The molecule has 0 fully saturated rings. The van der Waals surface area contributed by atoms with Crippen molar-refractivity contribution in [1.29, 1.82) is 0 Å². The number of aromatic nitrogens is 1. The Hall–Kier alpha value is -2.09. The van der Waals surface area contributed by atoms with E-state index >= 15 is 0 Å². The lowest BCUT2D eigenvalue weighted by molar-refractivity contribution is -0.137. The molecule has 1 N–H and O–H groups in total. The second kappa shape index (κ2) is 5.72. The Bertz CT molecular complexity index is 641. The molecule has 112 valence electrons. The Morgan fingerprint density at radius 1 is 1.43 bits per heavy atom. The first-order valence-corrected chi connectivity index (χ1v) is 6.76. The summed E-state index contributed by atoms with van der Waals surface area (Å²) in [4.78, 5) is 16.8. The number of aromatic carboxylic acids is 1. The SMILES string of the molecule is CN(Cc1cscn1)c1ccc(C(F)(F)F)cc1C(=O)O. The predicted molar refractivity (Wildman–Crippen MR) is 72.6 cm³/mol. The Kier molecular flexibility index (Phi) is 4.17. The van der Waals surface area contributed by atoms with E-state index in [4.69, 9.17) is 5.11 Å². The summed E-state index contributed by atoms with van der Waals surface area (Å²) in [6, 6.07) is 2.69. The van der Waals surface area contributed by atoms with Crippen molar-refractivity contribution in [3.05, 3.63) is 45.9 Å². The molecule has 0 unspecified atom stereocenters. The summed E-state index contributed by atoms with van der Waals surface area (Å²) < 4.78 is 38.0. The van der Waals surface area contributed by atoms with Crippen molar-refractivity contribution in [2.45, 2.75) is 12.7 Å². The van der Waals surface area contributed by atoms with Gasteiger partial charge < -0.3 is 10.0 Å². The molecule has 0 aliphatic carbocycles. The van der Waals surface area contributed by atoms with Gasteiger partial charge in [-0.3, -0.25) is 0 Å². The Morgan fingerprint density at radius 3 is 2.67 bits per heavy atom. The number of anilines is 1. The van der Waals surface area contributed by atoms with Gasteiger partial charge >= 0.3 is 12.1 Å². The number of benzene rings is 1. The van der Waals surface area contributed by atoms with E-state index in [0.717, 1.165) is 11.8 Å². The number of thiazole rings is 1. The van der Waals surface area contributed by atoms with Gasteiger partial charge in [0, 0.05) is 12.4 Å². The van der Waals surface area contributed by atoms with Gasteiger partial charge in [-0.05, 0) is 18.2 Å². The molecule has 4 nitrogen and oxygen atoms in total. The monoisotopic (exact) mass is 316 g/mol. The van der Waals surface area contributed by atoms with Gasteiger partial charge in [-0.15, -0.1) is 11.3 Å². The maximum Gasteiger partial charge on any atom is 0.416 e. The molecular formula is C13H11F3N2O2S. The lowest BCUT2D eigenvalue weighted by Gasteiger charge is -2.21. The van der Waals surface area contributed by atoms with Gasteiger partial charge in [0.15, 0.2) is 0 Å². The van der Waals surface area contributed by atoms with Gasteiger partial charge in [0.25, 0.3) is 0 Å². The number of alkyl halides is 3.